The van der Waals surface area contributed by atoms with Gasteiger partial charge in [0.2, 0.25) is 0 Å². The standard InChI is InChI=1S/C6H13NO.ClH/c1-5(2,7)6(8)3-4-6;/h8H,3-4,7H2,1-2H3;1H. The van der Waals surface area contributed by atoms with E-state index < -0.39 is 11.1 Å². The molecule has 0 bridgehead atoms. The van der Waals surface area contributed by atoms with Gasteiger partial charge in [0.1, 0.15) is 0 Å². The van der Waals surface area contributed by atoms with Crippen LogP contribution in [0, 0.1) is 0 Å². The Hall–Kier alpha value is 0.210. The highest BCUT2D eigenvalue weighted by Crippen LogP contribution is 2.42. The van der Waals surface area contributed by atoms with Crippen molar-refractivity contribution in [2.75, 3.05) is 0 Å². The average Bonchev–Trinajstić information content (AvgIpc) is 2.16. The lowest BCUT2D eigenvalue weighted by Crippen LogP contribution is -2.46. The number of aliphatic hydroxyl groups is 1. The Morgan fingerprint density at radius 3 is 1.78 bits per heavy atom. The van der Waals surface area contributed by atoms with Gasteiger partial charge in [0.15, 0.2) is 0 Å². The van der Waals surface area contributed by atoms with Gasteiger partial charge in [0, 0.05) is 5.54 Å². The number of halogens is 1. The number of rotatable bonds is 1. The normalized spacial score (nSPS) is 22.7. The van der Waals surface area contributed by atoms with Gasteiger partial charge in [-0.15, -0.1) is 12.4 Å². The fourth-order valence-corrected chi connectivity index (χ4v) is 0.763. The van der Waals surface area contributed by atoms with Crippen molar-refractivity contribution in [3.8, 4) is 0 Å². The number of nitrogens with two attached hydrogens (primary N) is 1. The van der Waals surface area contributed by atoms with Crippen LogP contribution in [0.3, 0.4) is 0 Å². The first-order chi connectivity index (χ1) is 3.46. The maximum atomic E-state index is 9.34. The Kier molecular flexibility index (Phi) is 2.16. The summed E-state index contributed by atoms with van der Waals surface area (Å²) in [5.41, 5.74) is 4.69. The first kappa shape index (κ1) is 9.21. The molecule has 3 heteroatoms. The van der Waals surface area contributed by atoms with Crippen LogP contribution in [0.15, 0.2) is 0 Å². The molecule has 0 heterocycles. The summed E-state index contributed by atoms with van der Waals surface area (Å²) in [6, 6.07) is 0. The number of hydrogen-bond acceptors (Lipinski definition) is 2. The van der Waals surface area contributed by atoms with Gasteiger partial charge in [-0.05, 0) is 26.7 Å². The summed E-state index contributed by atoms with van der Waals surface area (Å²) < 4.78 is 0. The molecule has 0 aromatic carbocycles. The summed E-state index contributed by atoms with van der Waals surface area (Å²) in [6.07, 6.45) is 1.74. The van der Waals surface area contributed by atoms with E-state index in [1.54, 1.807) is 0 Å². The molecule has 9 heavy (non-hydrogen) atoms. The summed E-state index contributed by atoms with van der Waals surface area (Å²) in [6.45, 7) is 3.72. The van der Waals surface area contributed by atoms with Crippen molar-refractivity contribution >= 4 is 12.4 Å². The van der Waals surface area contributed by atoms with Crippen LogP contribution in [0.1, 0.15) is 26.7 Å². The van der Waals surface area contributed by atoms with Gasteiger partial charge in [-0.25, -0.2) is 0 Å². The molecule has 0 unspecified atom stereocenters. The van der Waals surface area contributed by atoms with Crippen molar-refractivity contribution in [3.63, 3.8) is 0 Å². The third-order valence-electron chi connectivity index (χ3n) is 1.92. The first-order valence-corrected chi connectivity index (χ1v) is 2.97. The molecular weight excluding hydrogens is 138 g/mol. The summed E-state index contributed by atoms with van der Waals surface area (Å²) in [7, 11) is 0. The molecule has 0 amide bonds. The first-order valence-electron chi connectivity index (χ1n) is 2.97. The molecule has 2 nitrogen and oxygen atoms in total. The maximum absolute atomic E-state index is 9.34. The molecule has 1 aliphatic rings. The average molecular weight is 152 g/mol. The predicted octanol–water partition coefficient (Wildman–Crippen LogP) is 0.670. The van der Waals surface area contributed by atoms with E-state index in [0.29, 0.717) is 0 Å². The van der Waals surface area contributed by atoms with Crippen molar-refractivity contribution in [2.24, 2.45) is 5.73 Å². The summed E-state index contributed by atoms with van der Waals surface area (Å²) >= 11 is 0. The highest BCUT2D eigenvalue weighted by molar-refractivity contribution is 5.85. The van der Waals surface area contributed by atoms with Gasteiger partial charge in [0.25, 0.3) is 0 Å². The van der Waals surface area contributed by atoms with Crippen molar-refractivity contribution in [1.82, 2.24) is 0 Å². The van der Waals surface area contributed by atoms with E-state index in [2.05, 4.69) is 0 Å². The van der Waals surface area contributed by atoms with Gasteiger partial charge in [-0.1, -0.05) is 0 Å². The zero-order chi connectivity index (χ0) is 6.41. The summed E-state index contributed by atoms with van der Waals surface area (Å²) in [4.78, 5) is 0. The monoisotopic (exact) mass is 151 g/mol. The Morgan fingerprint density at radius 2 is 1.78 bits per heavy atom. The minimum Gasteiger partial charge on any atom is -0.388 e. The quantitative estimate of drug-likeness (QED) is 0.579. The number of hydrogen-bond donors (Lipinski definition) is 2. The van der Waals surface area contributed by atoms with Gasteiger partial charge in [0.05, 0.1) is 5.60 Å². The van der Waals surface area contributed by atoms with Crippen LogP contribution >= 0.6 is 12.4 Å². The lowest BCUT2D eigenvalue weighted by atomic mass is 9.97. The van der Waals surface area contributed by atoms with E-state index in [-0.39, 0.29) is 12.4 Å². The molecule has 0 radical (unpaired) electrons. The third-order valence-corrected chi connectivity index (χ3v) is 1.92. The molecule has 3 N–H and O–H groups in total. The molecule has 0 aromatic rings. The van der Waals surface area contributed by atoms with Crippen LogP contribution in [0.25, 0.3) is 0 Å². The lowest BCUT2D eigenvalue weighted by Gasteiger charge is -2.24. The molecule has 1 fully saturated rings. The van der Waals surface area contributed by atoms with Crippen LogP contribution < -0.4 is 5.73 Å². The van der Waals surface area contributed by atoms with Crippen molar-refractivity contribution in [1.29, 1.82) is 0 Å². The molecule has 0 spiro atoms. The lowest BCUT2D eigenvalue weighted by molar-refractivity contribution is 0.0785. The van der Waals surface area contributed by atoms with Gasteiger partial charge in [-0.3, -0.25) is 0 Å². The third kappa shape index (κ3) is 1.57. The van der Waals surface area contributed by atoms with E-state index in [9.17, 15) is 5.11 Å². The zero-order valence-electron chi connectivity index (χ0n) is 5.85. The maximum Gasteiger partial charge on any atom is 0.0823 e. The van der Waals surface area contributed by atoms with Gasteiger partial charge < -0.3 is 10.8 Å². The van der Waals surface area contributed by atoms with Crippen molar-refractivity contribution in [2.45, 2.75) is 37.8 Å². The molecule has 1 aliphatic carbocycles. The van der Waals surface area contributed by atoms with Gasteiger partial charge in [-0.2, -0.15) is 0 Å². The summed E-state index contributed by atoms with van der Waals surface area (Å²) in [5.74, 6) is 0. The minimum atomic E-state index is -0.535. The second kappa shape index (κ2) is 2.11. The zero-order valence-corrected chi connectivity index (χ0v) is 6.66. The van der Waals surface area contributed by atoms with Crippen LogP contribution in [0.4, 0.5) is 0 Å². The van der Waals surface area contributed by atoms with Gasteiger partial charge >= 0.3 is 0 Å². The summed E-state index contributed by atoms with van der Waals surface area (Å²) in [5, 5.41) is 9.34. The Labute approximate surface area is 61.8 Å². The molecule has 0 aliphatic heterocycles. The largest absolute Gasteiger partial charge is 0.388 e. The van der Waals surface area contributed by atoms with Crippen LogP contribution in [-0.2, 0) is 0 Å². The highest BCUT2D eigenvalue weighted by atomic mass is 35.5. The molecule has 1 saturated carbocycles. The fraction of sp³-hybridized carbons (Fsp3) is 1.00. The molecule has 56 valence electrons. The molecular formula is C6H14ClNO. The Morgan fingerprint density at radius 1 is 1.44 bits per heavy atom. The Balaban J connectivity index is 0.000000640. The van der Waals surface area contributed by atoms with E-state index in [1.807, 2.05) is 13.8 Å². The van der Waals surface area contributed by atoms with E-state index in [4.69, 9.17) is 5.73 Å². The molecule has 0 atom stereocenters. The van der Waals surface area contributed by atoms with E-state index in [0.717, 1.165) is 12.8 Å². The molecule has 1 rings (SSSR count). The minimum absolute atomic E-state index is 0. The SMILES string of the molecule is CC(C)(N)C1(O)CC1.Cl. The highest BCUT2D eigenvalue weighted by Gasteiger charge is 2.50. The molecule has 0 aromatic heterocycles. The van der Waals surface area contributed by atoms with Crippen LogP contribution in [-0.4, -0.2) is 16.2 Å². The van der Waals surface area contributed by atoms with E-state index >= 15 is 0 Å². The van der Waals surface area contributed by atoms with Crippen LogP contribution in [0.5, 0.6) is 0 Å². The van der Waals surface area contributed by atoms with Crippen molar-refractivity contribution < 1.29 is 5.11 Å². The predicted molar refractivity (Wildman–Crippen MR) is 39.7 cm³/mol. The smallest absolute Gasteiger partial charge is 0.0823 e. The molecule has 0 saturated heterocycles. The topological polar surface area (TPSA) is 46.2 Å². The fourth-order valence-electron chi connectivity index (χ4n) is 0.763. The van der Waals surface area contributed by atoms with Crippen molar-refractivity contribution in [3.05, 3.63) is 0 Å². The Bertz CT molecular complexity index is 101. The second-order valence-electron chi connectivity index (χ2n) is 3.25. The van der Waals surface area contributed by atoms with E-state index in [1.165, 1.54) is 0 Å². The second-order valence-corrected chi connectivity index (χ2v) is 3.25. The van der Waals surface area contributed by atoms with Crippen LogP contribution in [0.2, 0.25) is 0 Å².